The molecule has 0 atom stereocenters. The highest BCUT2D eigenvalue weighted by molar-refractivity contribution is 6.14. The van der Waals surface area contributed by atoms with Crippen LogP contribution in [0.5, 0.6) is 0 Å². The van der Waals surface area contributed by atoms with Crippen molar-refractivity contribution in [2.45, 2.75) is 44.6 Å². The van der Waals surface area contributed by atoms with Crippen molar-refractivity contribution in [2.75, 3.05) is 0 Å². The summed E-state index contributed by atoms with van der Waals surface area (Å²) in [4.78, 5) is 24.0. The molecular weight excluding hydrogens is 373 g/mol. The monoisotopic (exact) mass is 395 g/mol. The molecule has 4 rings (SSSR count). The number of pyridine rings is 1. The Kier molecular flexibility index (Phi) is 7.06. The Balaban J connectivity index is 0.00000121. The van der Waals surface area contributed by atoms with Crippen LogP contribution in [0.25, 0.3) is 17.1 Å². The van der Waals surface area contributed by atoms with Gasteiger partial charge in [-0.15, -0.1) is 24.8 Å². The van der Waals surface area contributed by atoms with Crippen LogP contribution in [-0.4, -0.2) is 27.9 Å². The summed E-state index contributed by atoms with van der Waals surface area (Å²) in [5, 5.41) is 7.21. The van der Waals surface area contributed by atoms with Gasteiger partial charge in [-0.3, -0.25) is 10.1 Å². The normalized spacial score (nSPS) is 19.3. The molecule has 0 unspecified atom stereocenters. The molecule has 2 aliphatic rings. The van der Waals surface area contributed by atoms with Gasteiger partial charge in [0.05, 0.1) is 0 Å². The summed E-state index contributed by atoms with van der Waals surface area (Å²) in [5.74, 6) is 0.417. The van der Waals surface area contributed by atoms with Gasteiger partial charge in [-0.25, -0.2) is 9.98 Å². The Hall–Kier alpha value is -2.05. The first-order valence-electron chi connectivity index (χ1n) is 8.60. The summed E-state index contributed by atoms with van der Waals surface area (Å²) in [6, 6.07) is 4.27. The second-order valence-corrected chi connectivity index (χ2v) is 6.42. The van der Waals surface area contributed by atoms with Gasteiger partial charge in [-0.1, -0.05) is 25.7 Å². The molecule has 0 spiro atoms. The van der Waals surface area contributed by atoms with Crippen molar-refractivity contribution in [1.82, 2.24) is 20.6 Å². The highest BCUT2D eigenvalue weighted by atomic mass is 35.5. The van der Waals surface area contributed by atoms with Crippen LogP contribution in [0.4, 0.5) is 0 Å². The number of rotatable bonds is 2. The average Bonchev–Trinajstić information content (AvgIpc) is 3.03. The van der Waals surface area contributed by atoms with E-state index in [9.17, 15) is 4.79 Å². The maximum absolute atomic E-state index is 12.2. The van der Waals surface area contributed by atoms with E-state index >= 15 is 0 Å². The lowest BCUT2D eigenvalue weighted by Gasteiger charge is -2.16. The van der Waals surface area contributed by atoms with Gasteiger partial charge < -0.3 is 10.3 Å². The van der Waals surface area contributed by atoms with Crippen LogP contribution in [0.2, 0.25) is 0 Å². The second kappa shape index (κ2) is 9.05. The summed E-state index contributed by atoms with van der Waals surface area (Å²) in [6.07, 6.45) is 12.8. The molecule has 2 aromatic heterocycles. The van der Waals surface area contributed by atoms with Crippen LogP contribution in [0.1, 0.15) is 44.1 Å². The SMILES string of the molecule is Cl.Cl.O=C1NC(NC2CCCCCC2)=NC1=Cc1c[nH]c2ncccc12. The molecule has 0 aromatic carbocycles. The first kappa shape index (κ1) is 20.3. The smallest absolute Gasteiger partial charge is 0.276 e. The summed E-state index contributed by atoms with van der Waals surface area (Å²) in [7, 11) is 0. The number of aliphatic imine (C=N–C) groups is 1. The average molecular weight is 396 g/mol. The van der Waals surface area contributed by atoms with E-state index < -0.39 is 0 Å². The number of aromatic nitrogens is 2. The van der Waals surface area contributed by atoms with Gasteiger partial charge in [-0.2, -0.15) is 0 Å². The third-order valence-electron chi connectivity index (χ3n) is 4.67. The predicted octanol–water partition coefficient (Wildman–Crippen LogP) is 3.55. The van der Waals surface area contributed by atoms with E-state index in [-0.39, 0.29) is 30.7 Å². The summed E-state index contributed by atoms with van der Waals surface area (Å²) in [5.41, 5.74) is 2.15. The minimum absolute atomic E-state index is 0. The quantitative estimate of drug-likeness (QED) is 0.536. The summed E-state index contributed by atoms with van der Waals surface area (Å²) >= 11 is 0. The van der Waals surface area contributed by atoms with E-state index in [1.54, 1.807) is 12.3 Å². The number of hydrogen-bond acceptors (Lipinski definition) is 4. The van der Waals surface area contributed by atoms with E-state index in [0.717, 1.165) is 29.4 Å². The number of guanidine groups is 1. The fourth-order valence-electron chi connectivity index (χ4n) is 3.40. The zero-order valence-corrected chi connectivity index (χ0v) is 16.0. The van der Waals surface area contributed by atoms with E-state index in [1.807, 2.05) is 18.3 Å². The number of hydrogen-bond donors (Lipinski definition) is 3. The summed E-state index contributed by atoms with van der Waals surface area (Å²) < 4.78 is 0. The van der Waals surface area contributed by atoms with E-state index in [2.05, 4.69) is 25.6 Å². The predicted molar refractivity (Wildman–Crippen MR) is 109 cm³/mol. The Morgan fingerprint density at radius 1 is 1.15 bits per heavy atom. The Morgan fingerprint density at radius 3 is 2.69 bits per heavy atom. The lowest BCUT2D eigenvalue weighted by atomic mass is 10.1. The van der Waals surface area contributed by atoms with Crippen molar-refractivity contribution in [3.05, 3.63) is 35.8 Å². The molecule has 3 N–H and O–H groups in total. The largest absolute Gasteiger partial charge is 0.353 e. The van der Waals surface area contributed by atoms with E-state index in [4.69, 9.17) is 0 Å². The fraction of sp³-hybridized carbons (Fsp3) is 0.389. The van der Waals surface area contributed by atoms with Gasteiger partial charge in [0.15, 0.2) is 0 Å². The third-order valence-corrected chi connectivity index (χ3v) is 4.67. The Bertz CT molecular complexity index is 822. The van der Waals surface area contributed by atoms with Crippen molar-refractivity contribution in [3.8, 4) is 0 Å². The molecule has 8 heteroatoms. The maximum Gasteiger partial charge on any atom is 0.276 e. The molecule has 0 radical (unpaired) electrons. The minimum Gasteiger partial charge on any atom is -0.353 e. The highest BCUT2D eigenvalue weighted by Gasteiger charge is 2.23. The van der Waals surface area contributed by atoms with Gasteiger partial charge in [0.25, 0.3) is 5.91 Å². The van der Waals surface area contributed by atoms with Crippen LogP contribution in [0, 0.1) is 0 Å². The third kappa shape index (κ3) is 4.37. The molecule has 0 bridgehead atoms. The maximum atomic E-state index is 12.2. The molecule has 1 fully saturated rings. The number of halogens is 2. The first-order valence-corrected chi connectivity index (χ1v) is 8.60. The van der Waals surface area contributed by atoms with Crippen molar-refractivity contribution in [1.29, 1.82) is 0 Å². The zero-order chi connectivity index (χ0) is 16.4. The van der Waals surface area contributed by atoms with Crippen molar-refractivity contribution >= 4 is 53.8 Å². The first-order chi connectivity index (χ1) is 11.8. The van der Waals surface area contributed by atoms with Crippen LogP contribution in [0.3, 0.4) is 0 Å². The molecule has 6 nitrogen and oxygen atoms in total. The number of carbonyl (C=O) groups excluding carboxylic acids is 1. The number of carbonyl (C=O) groups is 1. The van der Waals surface area contributed by atoms with Crippen LogP contribution in [-0.2, 0) is 4.79 Å². The fourth-order valence-corrected chi connectivity index (χ4v) is 3.40. The number of aromatic amines is 1. The van der Waals surface area contributed by atoms with Gasteiger partial charge >= 0.3 is 0 Å². The molecule has 1 aliphatic heterocycles. The molecular formula is C18H23Cl2N5O. The lowest BCUT2D eigenvalue weighted by molar-refractivity contribution is -0.115. The van der Waals surface area contributed by atoms with E-state index in [0.29, 0.717) is 17.7 Å². The molecule has 1 aliphatic carbocycles. The van der Waals surface area contributed by atoms with E-state index in [1.165, 1.54) is 25.7 Å². The number of fused-ring (bicyclic) bond motifs is 1. The second-order valence-electron chi connectivity index (χ2n) is 6.42. The van der Waals surface area contributed by atoms with Crippen molar-refractivity contribution in [3.63, 3.8) is 0 Å². The van der Waals surface area contributed by atoms with Crippen LogP contribution in [0.15, 0.2) is 35.2 Å². The number of nitrogens with zero attached hydrogens (tertiary/aromatic N) is 2. The standard InChI is InChI=1S/C18H21N5O.2ClH/c24-17-15(10-12-11-20-16-14(12)8-5-9-19-16)22-18(23-17)21-13-6-3-1-2-4-7-13;;/h5,8-11,13H,1-4,6-7H2,(H,19,20)(H2,21,22,23,24);2*1H. The van der Waals surface area contributed by atoms with Gasteiger partial charge in [0.2, 0.25) is 5.96 Å². The zero-order valence-electron chi connectivity index (χ0n) is 14.3. The molecule has 1 amide bonds. The lowest BCUT2D eigenvalue weighted by Crippen LogP contribution is -2.42. The number of nitrogens with one attached hydrogen (secondary N) is 3. The summed E-state index contributed by atoms with van der Waals surface area (Å²) in [6.45, 7) is 0. The molecule has 26 heavy (non-hydrogen) atoms. The molecule has 3 heterocycles. The minimum atomic E-state index is -0.163. The van der Waals surface area contributed by atoms with Crippen LogP contribution < -0.4 is 10.6 Å². The highest BCUT2D eigenvalue weighted by Crippen LogP contribution is 2.21. The van der Waals surface area contributed by atoms with Gasteiger partial charge in [0.1, 0.15) is 11.3 Å². The van der Waals surface area contributed by atoms with Crippen LogP contribution >= 0.6 is 24.8 Å². The molecule has 0 saturated heterocycles. The van der Waals surface area contributed by atoms with Crippen molar-refractivity contribution < 1.29 is 4.79 Å². The topological polar surface area (TPSA) is 82.2 Å². The molecule has 140 valence electrons. The van der Waals surface area contributed by atoms with Gasteiger partial charge in [-0.05, 0) is 31.1 Å². The number of H-pyrrole nitrogens is 1. The molecule has 2 aromatic rings. The Labute approximate surface area is 164 Å². The number of amides is 1. The Morgan fingerprint density at radius 2 is 1.92 bits per heavy atom. The van der Waals surface area contributed by atoms with Crippen molar-refractivity contribution in [2.24, 2.45) is 4.99 Å². The molecule has 1 saturated carbocycles. The van der Waals surface area contributed by atoms with Gasteiger partial charge in [0, 0.05) is 29.4 Å².